The van der Waals surface area contributed by atoms with Gasteiger partial charge in [-0.25, -0.2) is 9.71 Å². The third kappa shape index (κ3) is 4.23. The molecule has 9 heteroatoms. The monoisotopic (exact) mass is 445 g/mol. The van der Waals surface area contributed by atoms with E-state index in [-0.39, 0.29) is 0 Å². The number of benzene rings is 2. The molecule has 7 nitrogen and oxygen atoms in total. The molecule has 0 saturated heterocycles. The van der Waals surface area contributed by atoms with Crippen molar-refractivity contribution in [3.63, 3.8) is 0 Å². The fourth-order valence-corrected chi connectivity index (χ4v) is 4.91. The molecule has 4 rings (SSSR count). The van der Waals surface area contributed by atoms with Crippen molar-refractivity contribution in [3.05, 3.63) is 63.8 Å². The smallest absolute Gasteiger partial charge is 0.229 e. The summed E-state index contributed by atoms with van der Waals surface area (Å²) in [7, 11) is -3.00. The number of nitrogens with one attached hydrogen (secondary N) is 3. The van der Waals surface area contributed by atoms with E-state index in [0.717, 1.165) is 17.7 Å². The number of fused-ring (bicyclic) bond motifs is 1. The average Bonchev–Trinajstić information content (AvgIpc) is 2.69. The van der Waals surface area contributed by atoms with Crippen LogP contribution in [-0.2, 0) is 6.42 Å². The van der Waals surface area contributed by atoms with Crippen LogP contribution in [0, 0.1) is 20.8 Å². The van der Waals surface area contributed by atoms with Gasteiger partial charge in [0, 0.05) is 17.9 Å². The normalized spacial score (nSPS) is 15.9. The molecule has 158 valence electrons. The first-order valence-corrected chi connectivity index (χ1v) is 11.5. The Balaban J connectivity index is 1.60. The Kier molecular flexibility index (Phi) is 5.61. The first-order valence-electron chi connectivity index (χ1n) is 9.53. The molecular formula is C21H24ClN5O2S. The maximum atomic E-state index is 10.3. The third-order valence-electron chi connectivity index (χ3n) is 5.26. The molecule has 3 aromatic rings. The molecule has 0 unspecified atom stereocenters. The quantitative estimate of drug-likeness (QED) is 0.350. The second-order valence-corrected chi connectivity index (χ2v) is 9.62. The van der Waals surface area contributed by atoms with E-state index in [2.05, 4.69) is 58.2 Å². The number of aryl methyl sites for hydroxylation is 2. The highest BCUT2D eigenvalue weighted by Crippen LogP contribution is 2.49. The van der Waals surface area contributed by atoms with E-state index in [9.17, 15) is 9.11 Å². The van der Waals surface area contributed by atoms with Crippen molar-refractivity contribution in [2.24, 2.45) is 0 Å². The van der Waals surface area contributed by atoms with Crippen molar-refractivity contribution >= 4 is 45.5 Å². The lowest BCUT2D eigenvalue weighted by atomic mass is 10.0. The molecule has 0 radical (unpaired) electrons. The number of hydrogen-bond donors (Lipinski definition) is 5. The third-order valence-corrected chi connectivity index (χ3v) is 7.14. The molecule has 1 aliphatic rings. The predicted octanol–water partition coefficient (Wildman–Crippen LogP) is 5.71. The van der Waals surface area contributed by atoms with Crippen molar-refractivity contribution in [3.8, 4) is 0 Å². The van der Waals surface area contributed by atoms with Crippen molar-refractivity contribution in [1.82, 2.24) is 14.7 Å². The van der Waals surface area contributed by atoms with Crippen LogP contribution in [0.25, 0.3) is 0 Å². The summed E-state index contributed by atoms with van der Waals surface area (Å²) >= 11 is 6.30. The van der Waals surface area contributed by atoms with Crippen LogP contribution in [0.15, 0.2) is 41.4 Å². The van der Waals surface area contributed by atoms with Gasteiger partial charge in [0.2, 0.25) is 5.95 Å². The lowest BCUT2D eigenvalue weighted by molar-refractivity contribution is 0.462. The molecular weight excluding hydrogens is 422 g/mol. The zero-order valence-electron chi connectivity index (χ0n) is 17.0. The van der Waals surface area contributed by atoms with Crippen LogP contribution in [0.4, 0.5) is 23.1 Å². The first kappa shape index (κ1) is 20.9. The van der Waals surface area contributed by atoms with Gasteiger partial charge in [-0.05, 0) is 73.7 Å². The Labute approximate surface area is 182 Å². The maximum absolute atomic E-state index is 10.3. The summed E-state index contributed by atoms with van der Waals surface area (Å²) in [5.74, 6) is 0.836. The predicted molar refractivity (Wildman–Crippen MR) is 124 cm³/mol. The van der Waals surface area contributed by atoms with Gasteiger partial charge in [0.1, 0.15) is 5.02 Å². The number of rotatable bonds is 4. The van der Waals surface area contributed by atoms with Crippen LogP contribution in [0.2, 0.25) is 5.02 Å². The van der Waals surface area contributed by atoms with E-state index in [1.54, 1.807) is 6.07 Å². The van der Waals surface area contributed by atoms with Gasteiger partial charge in [0.05, 0.1) is 11.1 Å². The minimum Gasteiger partial charge on any atom is -0.339 e. The highest BCUT2D eigenvalue weighted by atomic mass is 35.5. The molecule has 0 fully saturated rings. The lowest BCUT2D eigenvalue weighted by Gasteiger charge is -2.38. The summed E-state index contributed by atoms with van der Waals surface area (Å²) in [6, 6.07) is 9.58. The van der Waals surface area contributed by atoms with E-state index in [1.807, 2.05) is 12.1 Å². The van der Waals surface area contributed by atoms with Crippen molar-refractivity contribution in [2.45, 2.75) is 32.1 Å². The Hall–Kier alpha value is -2.36. The Morgan fingerprint density at radius 2 is 1.77 bits per heavy atom. The SMILES string of the molecule is Cc1cc(Nc2ncc(Cl)c(Nc3ccc4c(c3)S(O)(O)NCC4)n2)cc(C)c1C. The molecule has 0 atom stereocenters. The summed E-state index contributed by atoms with van der Waals surface area (Å²) in [4.78, 5) is 9.26. The summed E-state index contributed by atoms with van der Waals surface area (Å²) in [5.41, 5.74) is 6.11. The van der Waals surface area contributed by atoms with Gasteiger partial charge in [0.15, 0.2) is 5.82 Å². The molecule has 5 N–H and O–H groups in total. The molecule has 30 heavy (non-hydrogen) atoms. The van der Waals surface area contributed by atoms with Crippen LogP contribution >= 0.6 is 22.4 Å². The number of nitrogens with zero attached hydrogens (tertiary/aromatic N) is 2. The second-order valence-electron chi connectivity index (χ2n) is 7.39. The summed E-state index contributed by atoms with van der Waals surface area (Å²) in [6.07, 6.45) is 2.27. The minimum absolute atomic E-state index is 0.360. The number of anilines is 4. The number of hydrogen-bond acceptors (Lipinski definition) is 7. The summed E-state index contributed by atoms with van der Waals surface area (Å²) in [6.45, 7) is 6.77. The van der Waals surface area contributed by atoms with Crippen molar-refractivity contribution in [2.75, 3.05) is 17.2 Å². The van der Waals surface area contributed by atoms with Crippen LogP contribution in [0.1, 0.15) is 22.3 Å². The fourth-order valence-electron chi connectivity index (χ4n) is 3.40. The van der Waals surface area contributed by atoms with Gasteiger partial charge in [-0.3, -0.25) is 9.11 Å². The minimum atomic E-state index is -3.00. The number of aromatic nitrogens is 2. The van der Waals surface area contributed by atoms with E-state index in [1.165, 1.54) is 22.9 Å². The number of halogens is 1. The molecule has 1 aliphatic heterocycles. The average molecular weight is 446 g/mol. The first-order chi connectivity index (χ1) is 14.2. The zero-order valence-corrected chi connectivity index (χ0v) is 18.5. The van der Waals surface area contributed by atoms with Gasteiger partial charge in [-0.1, -0.05) is 17.7 Å². The standard InChI is InChI=1S/C21H24ClN5O2S/c1-12-8-17(9-13(2)14(12)3)26-21-23-11-18(22)20(27-21)25-16-5-4-15-6-7-24-30(28,29)19(15)10-16/h4-5,8-11,24,28-29H,6-7H2,1-3H3,(H2,23,25,26,27). The van der Waals surface area contributed by atoms with Crippen LogP contribution in [-0.4, -0.2) is 25.6 Å². The summed E-state index contributed by atoms with van der Waals surface area (Å²) < 4.78 is 23.3. The molecule has 0 spiro atoms. The molecule has 0 saturated carbocycles. The van der Waals surface area contributed by atoms with Crippen molar-refractivity contribution < 1.29 is 9.11 Å². The Morgan fingerprint density at radius 3 is 2.50 bits per heavy atom. The molecule has 0 amide bonds. The van der Waals surface area contributed by atoms with Gasteiger partial charge in [-0.2, -0.15) is 4.98 Å². The Morgan fingerprint density at radius 1 is 1.03 bits per heavy atom. The molecule has 0 aliphatic carbocycles. The van der Waals surface area contributed by atoms with Crippen LogP contribution < -0.4 is 15.4 Å². The lowest BCUT2D eigenvalue weighted by Crippen LogP contribution is -2.28. The zero-order chi connectivity index (χ0) is 21.5. The van der Waals surface area contributed by atoms with Gasteiger partial charge >= 0.3 is 0 Å². The maximum Gasteiger partial charge on any atom is 0.229 e. The molecule has 0 bridgehead atoms. The topological polar surface area (TPSA) is 102 Å². The van der Waals surface area contributed by atoms with E-state index >= 15 is 0 Å². The Bertz CT molecular complexity index is 1100. The second kappa shape index (κ2) is 8.05. The van der Waals surface area contributed by atoms with E-state index in [0.29, 0.717) is 33.9 Å². The largest absolute Gasteiger partial charge is 0.339 e. The van der Waals surface area contributed by atoms with Gasteiger partial charge in [0.25, 0.3) is 0 Å². The molecule has 2 aromatic carbocycles. The van der Waals surface area contributed by atoms with Crippen LogP contribution in [0.5, 0.6) is 0 Å². The summed E-state index contributed by atoms with van der Waals surface area (Å²) in [5, 5.41) is 6.74. The highest BCUT2D eigenvalue weighted by molar-refractivity contribution is 8.22. The molecule has 1 aromatic heterocycles. The van der Waals surface area contributed by atoms with Crippen molar-refractivity contribution in [1.29, 1.82) is 0 Å². The van der Waals surface area contributed by atoms with E-state index in [4.69, 9.17) is 11.6 Å². The van der Waals surface area contributed by atoms with Crippen LogP contribution in [0.3, 0.4) is 0 Å². The molecule has 2 heterocycles. The van der Waals surface area contributed by atoms with Gasteiger partial charge < -0.3 is 10.6 Å². The van der Waals surface area contributed by atoms with Gasteiger partial charge in [-0.15, -0.1) is 10.8 Å². The highest BCUT2D eigenvalue weighted by Gasteiger charge is 2.24. The fraction of sp³-hybridized carbons (Fsp3) is 0.238. The van der Waals surface area contributed by atoms with E-state index < -0.39 is 10.8 Å².